The first-order valence-electron chi connectivity index (χ1n) is 27.3. The molecule has 5 aromatic rings. The number of carbonyl (C=O) groups is 5. The van der Waals surface area contributed by atoms with Crippen molar-refractivity contribution in [3.05, 3.63) is 89.5 Å². The van der Waals surface area contributed by atoms with Gasteiger partial charge in [0.15, 0.2) is 5.78 Å². The fourth-order valence-electron chi connectivity index (χ4n) is 9.90. The highest BCUT2D eigenvalue weighted by Crippen LogP contribution is 2.36. The van der Waals surface area contributed by atoms with Crippen molar-refractivity contribution in [2.24, 2.45) is 17.3 Å². The number of ketones is 2. The topological polar surface area (TPSA) is 245 Å². The number of ether oxygens (including phenoxy) is 4. The second-order valence-corrected chi connectivity index (χ2v) is 22.5. The number of hydrogen-bond acceptors (Lipinski definition) is 17. The highest BCUT2D eigenvalue weighted by atomic mass is 32.1. The fourth-order valence-corrected chi connectivity index (χ4v) is 10.7. The molecule has 3 atom stereocenters. The highest BCUT2D eigenvalue weighted by Gasteiger charge is 2.44. The molecule has 3 fully saturated rings. The normalized spacial score (nSPS) is 18.9. The van der Waals surface area contributed by atoms with Crippen LogP contribution in [0.3, 0.4) is 0 Å². The summed E-state index contributed by atoms with van der Waals surface area (Å²) in [5.41, 5.74) is 6.22. The highest BCUT2D eigenvalue weighted by molar-refractivity contribution is 7.13. The molecule has 418 valence electrons. The van der Waals surface area contributed by atoms with Gasteiger partial charge in [0.1, 0.15) is 36.1 Å². The van der Waals surface area contributed by atoms with Gasteiger partial charge in [-0.1, -0.05) is 45.0 Å². The average Bonchev–Trinajstić information content (AvgIpc) is 4.05. The number of aliphatic hydroxyl groups is 1. The number of aryl methyl sites for hydroxylation is 1. The number of carbonyl (C=O) groups excluding carboxylic acids is 5. The molecule has 2 saturated carbocycles. The first-order valence-corrected chi connectivity index (χ1v) is 28.2. The Labute approximate surface area is 460 Å². The maximum absolute atomic E-state index is 14.0. The third-order valence-electron chi connectivity index (χ3n) is 14.4. The van der Waals surface area contributed by atoms with E-state index in [0.717, 1.165) is 76.8 Å². The number of β-amino-alcohol motifs (C(OH)–C–C–N with tert-alkyl or cyclic N) is 1. The van der Waals surface area contributed by atoms with Gasteiger partial charge in [0, 0.05) is 81.0 Å². The zero-order valence-corrected chi connectivity index (χ0v) is 46.1. The lowest BCUT2D eigenvalue weighted by molar-refractivity contribution is -0.144. The summed E-state index contributed by atoms with van der Waals surface area (Å²) in [6.45, 7) is 9.67. The van der Waals surface area contributed by atoms with E-state index in [0.29, 0.717) is 75.5 Å². The van der Waals surface area contributed by atoms with Crippen molar-refractivity contribution in [2.45, 2.75) is 123 Å². The molecule has 1 aliphatic heterocycles. The Hall–Kier alpha value is -6.29. The van der Waals surface area contributed by atoms with Gasteiger partial charge in [0.25, 0.3) is 0 Å². The summed E-state index contributed by atoms with van der Waals surface area (Å²) in [6.07, 6.45) is 11.3. The molecule has 1 unspecified atom stereocenters. The van der Waals surface area contributed by atoms with E-state index in [2.05, 4.69) is 41.2 Å². The van der Waals surface area contributed by atoms with Crippen LogP contribution in [0.5, 0.6) is 0 Å². The zero-order chi connectivity index (χ0) is 55.0. The quantitative estimate of drug-likeness (QED) is 0.0232. The van der Waals surface area contributed by atoms with Crippen LogP contribution in [0.2, 0.25) is 0 Å². The molecule has 0 bridgehead atoms. The van der Waals surface area contributed by atoms with E-state index in [9.17, 15) is 29.1 Å². The van der Waals surface area contributed by atoms with E-state index < -0.39 is 35.4 Å². The van der Waals surface area contributed by atoms with Gasteiger partial charge in [0.2, 0.25) is 17.7 Å². The predicted octanol–water partition coefficient (Wildman–Crippen LogP) is 7.38. The number of amides is 3. The fraction of sp³-hybridized carbons (Fsp3) is 0.534. The minimum absolute atomic E-state index is 0.0198. The van der Waals surface area contributed by atoms with Crippen molar-refractivity contribution < 1.29 is 48.0 Å². The molecule has 78 heavy (non-hydrogen) atoms. The summed E-state index contributed by atoms with van der Waals surface area (Å²) in [5.74, 6) is 0.545. The van der Waals surface area contributed by atoms with E-state index in [4.69, 9.17) is 18.9 Å². The van der Waals surface area contributed by atoms with Crippen LogP contribution in [0.1, 0.15) is 107 Å². The third kappa shape index (κ3) is 16.9. The number of fused-ring (bicyclic) bond motifs is 1. The van der Waals surface area contributed by atoms with Gasteiger partial charge in [0.05, 0.1) is 78.6 Å². The molecular weight excluding hydrogens is 1010 g/mol. The van der Waals surface area contributed by atoms with Crippen LogP contribution in [0.15, 0.2) is 72.6 Å². The monoisotopic (exact) mass is 1090 g/mol. The number of aliphatic hydroxyl groups excluding tert-OH is 1. The molecule has 2 aliphatic carbocycles. The lowest BCUT2D eigenvalue weighted by atomic mass is 9.77. The lowest BCUT2D eigenvalue weighted by Gasteiger charge is -2.35. The number of likely N-dealkylation sites (tertiary alicyclic amines) is 1. The Morgan fingerprint density at radius 1 is 0.833 bits per heavy atom. The van der Waals surface area contributed by atoms with E-state index in [1.807, 2.05) is 81.7 Å². The van der Waals surface area contributed by atoms with Gasteiger partial charge in [-0.15, -0.1) is 11.3 Å². The Morgan fingerprint density at radius 2 is 1.55 bits per heavy atom. The third-order valence-corrected chi connectivity index (χ3v) is 15.4. The number of aromatic nitrogens is 4. The number of thiazole rings is 1. The van der Waals surface area contributed by atoms with Crippen LogP contribution in [-0.2, 0) is 44.7 Å². The molecule has 3 aliphatic rings. The molecule has 19 nitrogen and oxygen atoms in total. The van der Waals surface area contributed by atoms with Gasteiger partial charge in [-0.25, -0.2) is 15.0 Å². The van der Waals surface area contributed by atoms with Gasteiger partial charge in [-0.3, -0.25) is 29.0 Å². The lowest BCUT2D eigenvalue weighted by Crippen LogP contribution is -2.58. The predicted molar refractivity (Wildman–Crippen MR) is 297 cm³/mol. The van der Waals surface area contributed by atoms with Crippen molar-refractivity contribution in [3.8, 4) is 10.4 Å². The first-order chi connectivity index (χ1) is 37.7. The van der Waals surface area contributed by atoms with Gasteiger partial charge in [-0.2, -0.15) is 0 Å². The van der Waals surface area contributed by atoms with Crippen molar-refractivity contribution >= 4 is 68.9 Å². The second kappa shape index (κ2) is 28.0. The summed E-state index contributed by atoms with van der Waals surface area (Å²) in [4.78, 5) is 87.3. The number of nitrogens with zero attached hydrogens (tertiary/aromatic N) is 5. The molecule has 0 spiro atoms. The minimum Gasteiger partial charge on any atom is -0.391 e. The zero-order valence-electron chi connectivity index (χ0n) is 45.3. The molecule has 8 rings (SSSR count). The summed E-state index contributed by atoms with van der Waals surface area (Å²) in [6, 6.07) is 14.0. The van der Waals surface area contributed by atoms with Crippen LogP contribution in [0, 0.1) is 24.2 Å². The first kappa shape index (κ1) is 57.9. The van der Waals surface area contributed by atoms with Gasteiger partial charge in [-0.05, 0) is 92.5 Å². The van der Waals surface area contributed by atoms with Crippen LogP contribution in [0.4, 0.5) is 17.3 Å². The molecule has 20 heteroatoms. The van der Waals surface area contributed by atoms with Crippen molar-refractivity contribution in [3.63, 3.8) is 0 Å². The molecule has 1 aromatic carbocycles. The van der Waals surface area contributed by atoms with Gasteiger partial charge >= 0.3 is 0 Å². The Kier molecular flexibility index (Phi) is 20.8. The summed E-state index contributed by atoms with van der Waals surface area (Å²) in [5, 5.41) is 24.0. The maximum Gasteiger partial charge on any atom is 0.246 e. The van der Waals surface area contributed by atoms with Crippen LogP contribution >= 0.6 is 11.3 Å². The molecule has 5 heterocycles. The molecule has 3 amide bonds. The number of Topliss-reactive ketones (excluding diaryl/α,β-unsaturated/α-hetero) is 2. The second-order valence-electron chi connectivity index (χ2n) is 21.7. The molecular formula is C58H75N9O10S. The number of rotatable bonds is 29. The van der Waals surface area contributed by atoms with E-state index in [-0.39, 0.29) is 68.6 Å². The minimum atomic E-state index is -0.972. The number of anilines is 3. The average molecular weight is 1090 g/mol. The SMILES string of the molecule is Cc1ncsc1-c1ccc(CNC(=O)[C@@H]2C[C@@H](O)CN2C(=O)C(NC(=O)COCCOCCOCCOCCCC(=O)C2CCC(CC(=O)c3cnc(Nc4ccc5cnccc5n4)cc3NC3CC3)CC2)C(C)(C)C)cc1. The number of hydrogen-bond donors (Lipinski definition) is 5. The Bertz CT molecular complexity index is 2810. The summed E-state index contributed by atoms with van der Waals surface area (Å²) in [7, 11) is 0. The smallest absolute Gasteiger partial charge is 0.246 e. The number of nitrogens with one attached hydrogen (secondary N) is 4. The van der Waals surface area contributed by atoms with E-state index >= 15 is 0 Å². The summed E-state index contributed by atoms with van der Waals surface area (Å²) < 4.78 is 22.4. The maximum atomic E-state index is 14.0. The Balaban J connectivity index is 0.637. The van der Waals surface area contributed by atoms with Crippen molar-refractivity contribution in [1.29, 1.82) is 0 Å². The van der Waals surface area contributed by atoms with Crippen LogP contribution < -0.4 is 21.3 Å². The molecule has 5 N–H and O–H groups in total. The van der Waals surface area contributed by atoms with Crippen molar-refractivity contribution in [2.75, 3.05) is 70.0 Å². The Morgan fingerprint density at radius 3 is 2.24 bits per heavy atom. The van der Waals surface area contributed by atoms with Crippen LogP contribution in [-0.4, -0.2) is 143 Å². The van der Waals surface area contributed by atoms with E-state index in [1.54, 1.807) is 29.9 Å². The molecule has 1 saturated heterocycles. The number of pyridine rings is 3. The molecule has 4 aromatic heterocycles. The largest absolute Gasteiger partial charge is 0.391 e. The number of benzene rings is 1. The van der Waals surface area contributed by atoms with Crippen LogP contribution in [0.25, 0.3) is 21.3 Å². The summed E-state index contributed by atoms with van der Waals surface area (Å²) >= 11 is 1.57. The standard InChI is InChI=1S/C58H75N9O10S/c1-37-54(78-36-62-37)41-13-9-39(10-14-41)31-61-56(72)48-29-44(68)34-67(48)57(73)55(58(2,3)4)66-53(71)35-77-27-26-76-25-24-75-23-22-74-21-5-6-49(69)40-11-7-38(8-12-40)28-50(70)45-33-60-52(30-47(45)63-43-16-17-43)65-51-18-15-42-32-59-20-19-46(42)64-51/h9-10,13-15,18-20,30,32-33,36,38,40,43-44,48,55,68H,5-8,11-12,16-17,21-29,31,34-35H2,1-4H3,(H,61,72)(H,66,71)(H2,60,63,64,65)/t38?,40?,44-,48+,55?/m1/s1. The van der Waals surface area contributed by atoms with E-state index in [1.165, 1.54) is 4.90 Å². The van der Waals surface area contributed by atoms with Gasteiger partial charge < -0.3 is 50.2 Å². The molecule has 0 radical (unpaired) electrons. The van der Waals surface area contributed by atoms with Crippen molar-refractivity contribution in [1.82, 2.24) is 35.5 Å².